The van der Waals surface area contributed by atoms with Gasteiger partial charge in [0.25, 0.3) is 0 Å². The van der Waals surface area contributed by atoms with Crippen molar-refractivity contribution in [3.05, 3.63) is 28.8 Å². The minimum absolute atomic E-state index is 0.356. The zero-order chi connectivity index (χ0) is 13.5. The van der Waals surface area contributed by atoms with E-state index >= 15 is 0 Å². The van der Waals surface area contributed by atoms with Gasteiger partial charge in [-0.3, -0.25) is 0 Å². The first-order valence-corrected chi connectivity index (χ1v) is 6.87. The number of benzene rings is 1. The van der Waals surface area contributed by atoms with Crippen LogP contribution < -0.4 is 5.32 Å². The quantitative estimate of drug-likeness (QED) is 0.798. The zero-order valence-electron chi connectivity index (χ0n) is 11.3. The van der Waals surface area contributed by atoms with Crippen LogP contribution in [0.25, 0.3) is 0 Å². The highest BCUT2D eigenvalue weighted by Crippen LogP contribution is 2.24. The molecule has 1 aromatic rings. The van der Waals surface area contributed by atoms with Gasteiger partial charge in [-0.2, -0.15) is 5.26 Å². The molecule has 0 aliphatic heterocycles. The Morgan fingerprint density at radius 3 is 2.61 bits per heavy atom. The molecule has 1 rings (SSSR count). The van der Waals surface area contributed by atoms with Gasteiger partial charge in [-0.05, 0) is 31.4 Å². The number of rotatable bonds is 6. The topological polar surface area (TPSA) is 35.8 Å². The van der Waals surface area contributed by atoms with Gasteiger partial charge in [0, 0.05) is 6.04 Å². The molecule has 0 fully saturated rings. The van der Waals surface area contributed by atoms with Gasteiger partial charge in [-0.15, -0.1) is 0 Å². The summed E-state index contributed by atoms with van der Waals surface area (Å²) in [4.78, 5) is 0. The van der Waals surface area contributed by atoms with E-state index < -0.39 is 0 Å². The van der Waals surface area contributed by atoms with Gasteiger partial charge < -0.3 is 5.32 Å². The van der Waals surface area contributed by atoms with E-state index in [4.69, 9.17) is 16.9 Å². The first kappa shape index (κ1) is 14.9. The number of nitriles is 1. The highest BCUT2D eigenvalue weighted by atomic mass is 35.5. The fraction of sp³-hybridized carbons (Fsp3) is 0.533. The van der Waals surface area contributed by atoms with Crippen LogP contribution in [0.1, 0.15) is 45.6 Å². The van der Waals surface area contributed by atoms with Crippen molar-refractivity contribution in [2.75, 3.05) is 5.32 Å². The molecule has 0 saturated carbocycles. The Kier molecular flexibility index (Phi) is 6.01. The summed E-state index contributed by atoms with van der Waals surface area (Å²) in [6.07, 6.45) is 3.55. The minimum atomic E-state index is 0.356. The summed E-state index contributed by atoms with van der Waals surface area (Å²) in [5, 5.41) is 13.0. The molecule has 0 heterocycles. The van der Waals surface area contributed by atoms with E-state index in [1.54, 1.807) is 6.07 Å². The first-order chi connectivity index (χ1) is 8.54. The SMILES string of the molecule is CC(C)CCCC(C)Nc1cccc(Cl)c1C#N. The summed E-state index contributed by atoms with van der Waals surface area (Å²) in [5.74, 6) is 0.748. The van der Waals surface area contributed by atoms with Gasteiger partial charge in [0.1, 0.15) is 6.07 Å². The normalized spacial score (nSPS) is 12.2. The van der Waals surface area contributed by atoms with Crippen LogP contribution in [0.5, 0.6) is 0 Å². The van der Waals surface area contributed by atoms with Crippen LogP contribution in [0.3, 0.4) is 0 Å². The molecule has 0 aromatic heterocycles. The van der Waals surface area contributed by atoms with E-state index in [-0.39, 0.29) is 0 Å². The van der Waals surface area contributed by atoms with Crippen LogP contribution in [-0.2, 0) is 0 Å². The van der Waals surface area contributed by atoms with Gasteiger partial charge in [-0.25, -0.2) is 0 Å². The molecule has 0 saturated heterocycles. The minimum Gasteiger partial charge on any atom is -0.381 e. The number of hydrogen-bond donors (Lipinski definition) is 1. The molecule has 0 radical (unpaired) electrons. The third-order valence-electron chi connectivity index (χ3n) is 2.95. The predicted octanol–water partition coefficient (Wildman–Crippen LogP) is 4.84. The van der Waals surface area contributed by atoms with Crippen molar-refractivity contribution in [2.24, 2.45) is 5.92 Å². The maximum atomic E-state index is 9.09. The second-order valence-electron chi connectivity index (χ2n) is 5.14. The first-order valence-electron chi connectivity index (χ1n) is 6.49. The Bertz CT molecular complexity index is 421. The molecule has 3 heteroatoms. The molecule has 1 N–H and O–H groups in total. The number of anilines is 1. The van der Waals surface area contributed by atoms with Crippen LogP contribution in [-0.4, -0.2) is 6.04 Å². The van der Waals surface area contributed by atoms with E-state index in [0.717, 1.165) is 18.0 Å². The van der Waals surface area contributed by atoms with Crippen LogP contribution in [0, 0.1) is 17.2 Å². The summed E-state index contributed by atoms with van der Waals surface area (Å²) >= 11 is 6.00. The lowest BCUT2D eigenvalue weighted by Gasteiger charge is -2.17. The molecule has 18 heavy (non-hydrogen) atoms. The second-order valence-corrected chi connectivity index (χ2v) is 5.55. The molecule has 0 aliphatic rings. The van der Waals surface area contributed by atoms with Gasteiger partial charge in [0.15, 0.2) is 0 Å². The molecule has 1 unspecified atom stereocenters. The number of nitrogens with one attached hydrogen (secondary N) is 1. The van der Waals surface area contributed by atoms with E-state index in [1.165, 1.54) is 12.8 Å². The molecule has 1 aromatic carbocycles. The molecule has 2 nitrogen and oxygen atoms in total. The monoisotopic (exact) mass is 264 g/mol. The molecule has 1 atom stereocenters. The van der Waals surface area contributed by atoms with E-state index in [0.29, 0.717) is 16.6 Å². The van der Waals surface area contributed by atoms with Crippen molar-refractivity contribution in [3.8, 4) is 6.07 Å². The van der Waals surface area contributed by atoms with Crippen LogP contribution >= 0.6 is 11.6 Å². The van der Waals surface area contributed by atoms with Crippen molar-refractivity contribution in [1.29, 1.82) is 5.26 Å². The molecule has 0 aliphatic carbocycles. The fourth-order valence-corrected chi connectivity index (χ4v) is 2.14. The summed E-state index contributed by atoms with van der Waals surface area (Å²) in [7, 11) is 0. The average Bonchev–Trinajstić information content (AvgIpc) is 2.28. The molecule has 0 bridgehead atoms. The third-order valence-corrected chi connectivity index (χ3v) is 3.26. The summed E-state index contributed by atoms with van der Waals surface area (Å²) in [5.41, 5.74) is 1.37. The lowest BCUT2D eigenvalue weighted by molar-refractivity contribution is 0.520. The number of hydrogen-bond acceptors (Lipinski definition) is 2. The standard InChI is InChI=1S/C15H21ClN2/c1-11(2)6-4-7-12(3)18-15-9-5-8-14(16)13(15)10-17/h5,8-9,11-12,18H,4,6-7H2,1-3H3. The zero-order valence-corrected chi connectivity index (χ0v) is 12.1. The van der Waals surface area contributed by atoms with Gasteiger partial charge in [-0.1, -0.05) is 44.4 Å². The van der Waals surface area contributed by atoms with Crippen molar-refractivity contribution in [1.82, 2.24) is 0 Å². The molecule has 0 spiro atoms. The Morgan fingerprint density at radius 1 is 1.28 bits per heavy atom. The van der Waals surface area contributed by atoms with E-state index in [2.05, 4.69) is 32.2 Å². The van der Waals surface area contributed by atoms with Crippen LogP contribution in [0.2, 0.25) is 5.02 Å². The molecular formula is C15H21ClN2. The van der Waals surface area contributed by atoms with Crippen LogP contribution in [0.15, 0.2) is 18.2 Å². The fourth-order valence-electron chi connectivity index (χ4n) is 1.93. The number of nitrogens with zero attached hydrogens (tertiary/aromatic N) is 1. The van der Waals surface area contributed by atoms with Crippen molar-refractivity contribution >= 4 is 17.3 Å². The largest absolute Gasteiger partial charge is 0.381 e. The lowest BCUT2D eigenvalue weighted by Crippen LogP contribution is -2.16. The summed E-state index contributed by atoms with van der Waals surface area (Å²) < 4.78 is 0. The predicted molar refractivity (Wildman–Crippen MR) is 77.9 cm³/mol. The molecule has 0 amide bonds. The maximum Gasteiger partial charge on any atom is 0.103 e. The number of halogens is 1. The van der Waals surface area contributed by atoms with Crippen molar-refractivity contribution < 1.29 is 0 Å². The maximum absolute atomic E-state index is 9.09. The smallest absolute Gasteiger partial charge is 0.103 e. The lowest BCUT2D eigenvalue weighted by atomic mass is 10.0. The Balaban J connectivity index is 2.57. The van der Waals surface area contributed by atoms with E-state index in [9.17, 15) is 0 Å². The summed E-state index contributed by atoms with van der Waals surface area (Å²) in [6, 6.07) is 8.02. The van der Waals surface area contributed by atoms with Gasteiger partial charge >= 0.3 is 0 Å². The van der Waals surface area contributed by atoms with Crippen molar-refractivity contribution in [3.63, 3.8) is 0 Å². The third kappa shape index (κ3) is 4.58. The second kappa shape index (κ2) is 7.28. The highest BCUT2D eigenvalue weighted by molar-refractivity contribution is 6.32. The Labute approximate surface area is 115 Å². The van der Waals surface area contributed by atoms with Gasteiger partial charge in [0.05, 0.1) is 16.3 Å². The average molecular weight is 265 g/mol. The van der Waals surface area contributed by atoms with Crippen LogP contribution in [0.4, 0.5) is 5.69 Å². The van der Waals surface area contributed by atoms with E-state index in [1.807, 2.05) is 12.1 Å². The Morgan fingerprint density at radius 2 is 2.00 bits per heavy atom. The van der Waals surface area contributed by atoms with Gasteiger partial charge in [0.2, 0.25) is 0 Å². The molecular weight excluding hydrogens is 244 g/mol. The molecule has 98 valence electrons. The highest BCUT2D eigenvalue weighted by Gasteiger charge is 2.09. The summed E-state index contributed by atoms with van der Waals surface area (Å²) in [6.45, 7) is 6.62. The van der Waals surface area contributed by atoms with Crippen molar-refractivity contribution in [2.45, 2.75) is 46.1 Å². The Hall–Kier alpha value is -1.20.